The average molecular weight is 1180 g/mol. The van der Waals surface area contributed by atoms with Crippen LogP contribution in [-0.4, -0.2) is 41.2 Å². The van der Waals surface area contributed by atoms with E-state index in [1.54, 1.807) is 0 Å². The Hall–Kier alpha value is -11.9. The SMILES string of the molecule is CC(C)(C)c1ccc2c(c1)c1ccccc1n2-c1ccc(-c2nc(-c3ccccc3)nc(-c3ccccc3)n2)cc1-c1nc(-c2ccccc2)nc(-c2cccc(-c3ccc(N4c5ccccc5B5c6ccccc6N(c6ccccc6)c6cccc4c65)cc3)c2)n1. The van der Waals surface area contributed by atoms with E-state index in [2.05, 4.69) is 254 Å². The molecule has 0 bridgehead atoms. The third-order valence-electron chi connectivity index (χ3n) is 18.0. The maximum atomic E-state index is 5.56. The van der Waals surface area contributed by atoms with Crippen molar-refractivity contribution < 1.29 is 0 Å². The summed E-state index contributed by atoms with van der Waals surface area (Å²) in [7, 11) is 0. The number of anilines is 6. The van der Waals surface area contributed by atoms with Crippen molar-refractivity contribution in [1.29, 1.82) is 0 Å². The zero-order valence-corrected chi connectivity index (χ0v) is 50.9. The third kappa shape index (κ3) is 9.33. The molecule has 2 aliphatic heterocycles. The summed E-state index contributed by atoms with van der Waals surface area (Å²) in [5.41, 5.74) is 22.2. The van der Waals surface area contributed by atoms with Gasteiger partial charge in [-0.1, -0.05) is 227 Å². The minimum absolute atomic E-state index is 0.0599. The van der Waals surface area contributed by atoms with Gasteiger partial charge in [-0.05, 0) is 129 Å². The van der Waals surface area contributed by atoms with Crippen LogP contribution in [0.4, 0.5) is 34.1 Å². The molecule has 0 spiro atoms. The van der Waals surface area contributed by atoms with Crippen LogP contribution >= 0.6 is 0 Å². The molecule has 0 fully saturated rings. The van der Waals surface area contributed by atoms with Crippen molar-refractivity contribution in [1.82, 2.24) is 34.5 Å². The van der Waals surface area contributed by atoms with Crippen LogP contribution in [0.1, 0.15) is 26.3 Å². The molecule has 92 heavy (non-hydrogen) atoms. The third-order valence-corrected chi connectivity index (χ3v) is 18.0. The number of benzene rings is 12. The van der Waals surface area contributed by atoms with Gasteiger partial charge in [0.25, 0.3) is 6.71 Å². The molecule has 5 heterocycles. The van der Waals surface area contributed by atoms with Gasteiger partial charge >= 0.3 is 0 Å². The van der Waals surface area contributed by atoms with Gasteiger partial charge in [-0.2, -0.15) is 0 Å². The van der Waals surface area contributed by atoms with Crippen LogP contribution in [0.5, 0.6) is 0 Å². The Morgan fingerprint density at radius 3 is 1.28 bits per heavy atom. The van der Waals surface area contributed by atoms with Crippen molar-refractivity contribution in [3.63, 3.8) is 0 Å². The van der Waals surface area contributed by atoms with Gasteiger partial charge in [0.2, 0.25) is 0 Å². The first-order valence-electron chi connectivity index (χ1n) is 31.3. The highest BCUT2D eigenvalue weighted by atomic mass is 15.2. The fourth-order valence-electron chi connectivity index (χ4n) is 13.6. The molecule has 0 amide bonds. The number of aromatic nitrogens is 7. The van der Waals surface area contributed by atoms with E-state index in [0.29, 0.717) is 34.9 Å². The zero-order chi connectivity index (χ0) is 61.4. The highest BCUT2D eigenvalue weighted by Gasteiger charge is 2.43. The Balaban J connectivity index is 0.814. The largest absolute Gasteiger partial charge is 0.311 e. The molecular weight excluding hydrogens is 1120 g/mol. The van der Waals surface area contributed by atoms with Crippen LogP contribution in [-0.2, 0) is 5.41 Å². The lowest BCUT2D eigenvalue weighted by molar-refractivity contribution is 0.591. The lowest BCUT2D eigenvalue weighted by Gasteiger charge is -2.44. The van der Waals surface area contributed by atoms with E-state index in [0.717, 1.165) is 78.0 Å². The van der Waals surface area contributed by atoms with Crippen LogP contribution in [0.2, 0.25) is 0 Å². The summed E-state index contributed by atoms with van der Waals surface area (Å²) in [6.07, 6.45) is 0. The fraction of sp³-hybridized carbons (Fsp3) is 0.0488. The predicted octanol–water partition coefficient (Wildman–Crippen LogP) is 18.2. The Morgan fingerprint density at radius 1 is 0.283 bits per heavy atom. The first-order valence-corrected chi connectivity index (χ1v) is 31.3. The van der Waals surface area contributed by atoms with Crippen LogP contribution in [0.3, 0.4) is 0 Å². The highest BCUT2D eigenvalue weighted by Crippen LogP contribution is 2.45. The molecule has 12 aromatic carbocycles. The normalized spacial score (nSPS) is 12.4. The summed E-state index contributed by atoms with van der Waals surface area (Å²) in [5, 5.41) is 2.32. The summed E-state index contributed by atoms with van der Waals surface area (Å²) in [4.78, 5) is 36.7. The van der Waals surface area contributed by atoms with Gasteiger partial charge in [0.15, 0.2) is 34.9 Å². The Morgan fingerprint density at radius 2 is 0.707 bits per heavy atom. The van der Waals surface area contributed by atoms with E-state index in [-0.39, 0.29) is 12.1 Å². The van der Waals surface area contributed by atoms with Crippen molar-refractivity contribution in [3.05, 3.63) is 303 Å². The van der Waals surface area contributed by atoms with E-state index in [4.69, 9.17) is 29.9 Å². The molecule has 0 unspecified atom stereocenters. The van der Waals surface area contributed by atoms with Gasteiger partial charge in [-0.3, -0.25) is 0 Å². The van der Waals surface area contributed by atoms with E-state index in [1.165, 1.54) is 50.1 Å². The molecule has 0 aliphatic carbocycles. The minimum Gasteiger partial charge on any atom is -0.311 e. The van der Waals surface area contributed by atoms with Gasteiger partial charge < -0.3 is 14.4 Å². The summed E-state index contributed by atoms with van der Waals surface area (Å²) < 4.78 is 2.36. The van der Waals surface area contributed by atoms with E-state index >= 15 is 0 Å². The second-order valence-electron chi connectivity index (χ2n) is 24.7. The van der Waals surface area contributed by atoms with Crippen LogP contribution in [0.25, 0.3) is 107 Å². The molecule has 0 N–H and O–H groups in total. The Kier molecular flexibility index (Phi) is 13.0. The lowest BCUT2D eigenvalue weighted by Crippen LogP contribution is -2.61. The first-order chi connectivity index (χ1) is 45.3. The molecule has 9 nitrogen and oxygen atoms in total. The molecular formula is C82H58BN9. The summed E-state index contributed by atoms with van der Waals surface area (Å²) in [6, 6.07) is 105. The summed E-state index contributed by atoms with van der Waals surface area (Å²) in [5.74, 6) is 3.27. The molecule has 434 valence electrons. The summed E-state index contributed by atoms with van der Waals surface area (Å²) >= 11 is 0. The van der Waals surface area contributed by atoms with Gasteiger partial charge in [-0.15, -0.1) is 0 Å². The molecule has 17 rings (SSSR count). The lowest BCUT2D eigenvalue weighted by atomic mass is 9.33. The van der Waals surface area contributed by atoms with Crippen molar-refractivity contribution in [2.75, 3.05) is 9.80 Å². The number of hydrogen-bond acceptors (Lipinski definition) is 8. The monoisotopic (exact) mass is 1180 g/mol. The smallest absolute Gasteiger partial charge is 0.252 e. The number of fused-ring (bicyclic) bond motifs is 7. The quantitative estimate of drug-likeness (QED) is 0.125. The number of para-hydroxylation sites is 4. The van der Waals surface area contributed by atoms with Gasteiger partial charge in [0.1, 0.15) is 0 Å². The van der Waals surface area contributed by atoms with Gasteiger partial charge in [-0.25, -0.2) is 29.9 Å². The highest BCUT2D eigenvalue weighted by molar-refractivity contribution is 7.00. The molecule has 2 aliphatic rings. The first kappa shape index (κ1) is 54.3. The van der Waals surface area contributed by atoms with Crippen LogP contribution in [0.15, 0.2) is 297 Å². The maximum Gasteiger partial charge on any atom is 0.252 e. The molecule has 0 atom stereocenters. The molecule has 15 aromatic rings. The van der Waals surface area contributed by atoms with E-state index in [1.807, 2.05) is 78.9 Å². The predicted molar refractivity (Wildman–Crippen MR) is 378 cm³/mol. The molecule has 0 radical (unpaired) electrons. The van der Waals surface area contributed by atoms with E-state index in [9.17, 15) is 0 Å². The van der Waals surface area contributed by atoms with E-state index < -0.39 is 0 Å². The molecule has 10 heteroatoms. The van der Waals surface area contributed by atoms with Crippen molar-refractivity contribution in [2.45, 2.75) is 26.2 Å². The second kappa shape index (κ2) is 22.0. The molecule has 3 aromatic heterocycles. The van der Waals surface area contributed by atoms with Gasteiger partial charge in [0.05, 0.1) is 16.7 Å². The molecule has 0 saturated carbocycles. The maximum absolute atomic E-state index is 5.56. The van der Waals surface area contributed by atoms with Crippen LogP contribution in [0, 0.1) is 0 Å². The molecule has 0 saturated heterocycles. The van der Waals surface area contributed by atoms with Crippen LogP contribution < -0.4 is 26.2 Å². The van der Waals surface area contributed by atoms with Gasteiger partial charge in [0, 0.05) is 78.3 Å². The number of rotatable bonds is 10. The van der Waals surface area contributed by atoms with Crippen molar-refractivity contribution in [3.8, 4) is 85.1 Å². The second-order valence-corrected chi connectivity index (χ2v) is 24.7. The average Bonchev–Trinajstić information content (AvgIpc) is 0.845. The van der Waals surface area contributed by atoms with Crippen molar-refractivity contribution in [2.24, 2.45) is 0 Å². The minimum atomic E-state index is -0.0599. The fourth-order valence-corrected chi connectivity index (χ4v) is 13.6. The number of hydrogen-bond donors (Lipinski definition) is 0. The Bertz CT molecular complexity index is 5280. The topological polar surface area (TPSA) is 88.7 Å². The van der Waals surface area contributed by atoms with Crippen molar-refractivity contribution >= 4 is 79.0 Å². The Labute approximate surface area is 534 Å². The summed E-state index contributed by atoms with van der Waals surface area (Å²) in [6.45, 7) is 6.86. The zero-order valence-electron chi connectivity index (χ0n) is 50.9. The standard InChI is InChI=1S/C82H58BN9/c1-82(2,3)60-45-49-69-64(52-60)63-34-16-19-37-68(63)92(69)70-48-44-59(80-85-76(54-24-8-4-9-25-54)84-77(86-80)55-26-10-5-11-27-55)51-65(70)81-88-78(56-28-12-6-13-29-56)87-79(89-81)58-31-22-30-57(50-58)53-42-46-62(47-43-53)91-72-39-21-18-36-67(72)83-66-35-17-20-38-71(66)90(61-32-14-7-15-33-61)73-40-23-41-74(91)75(73)83/h4-52H,1-3H3. The number of nitrogens with zero attached hydrogens (tertiary/aromatic N) is 9.